The predicted octanol–water partition coefficient (Wildman–Crippen LogP) is 4.97. The fourth-order valence-corrected chi connectivity index (χ4v) is 4.37. The van der Waals surface area contributed by atoms with Crippen LogP contribution < -0.4 is 0 Å². The minimum atomic E-state index is -1.00. The molecule has 3 rings (SSSR count). The molecule has 168 valence electrons. The summed E-state index contributed by atoms with van der Waals surface area (Å²) in [6.45, 7) is 9.50. The van der Waals surface area contributed by atoms with E-state index in [1.165, 1.54) is 6.42 Å². The van der Waals surface area contributed by atoms with Gasteiger partial charge in [-0.05, 0) is 70.6 Å². The molecule has 2 aliphatic carbocycles. The average Bonchev–Trinajstić information content (AvgIpc) is 3.31. The van der Waals surface area contributed by atoms with Gasteiger partial charge in [-0.2, -0.15) is 0 Å². The Kier molecular flexibility index (Phi) is 6.90. The van der Waals surface area contributed by atoms with Crippen LogP contribution in [0.15, 0.2) is 4.52 Å². The zero-order valence-electron chi connectivity index (χ0n) is 18.8. The molecule has 2 fully saturated rings. The lowest BCUT2D eigenvalue weighted by Gasteiger charge is -2.35. The molecular formula is C23H35NO6. The van der Waals surface area contributed by atoms with Gasteiger partial charge in [-0.25, -0.2) is 4.79 Å². The SMILES string of the molecule is CC(C)CC1CC(c2onc(C(CC(=O)O)OCC(=O)OC(C)(C)C)c2C2CC2)C1. The number of hydrogen-bond acceptors (Lipinski definition) is 6. The van der Waals surface area contributed by atoms with E-state index in [0.717, 1.165) is 37.0 Å². The fraction of sp³-hybridized carbons (Fsp3) is 0.783. The molecule has 1 aromatic rings. The highest BCUT2D eigenvalue weighted by atomic mass is 16.6. The molecule has 0 spiro atoms. The number of esters is 1. The Hall–Kier alpha value is -1.89. The van der Waals surface area contributed by atoms with Crippen molar-refractivity contribution in [2.75, 3.05) is 6.61 Å². The lowest BCUT2D eigenvalue weighted by Crippen LogP contribution is -2.27. The van der Waals surface area contributed by atoms with Gasteiger partial charge in [-0.1, -0.05) is 19.0 Å². The van der Waals surface area contributed by atoms with Crippen LogP contribution in [0.3, 0.4) is 0 Å². The zero-order chi connectivity index (χ0) is 22.1. The van der Waals surface area contributed by atoms with Gasteiger partial charge in [0, 0.05) is 11.5 Å². The molecule has 7 heteroatoms. The summed E-state index contributed by atoms with van der Waals surface area (Å²) in [6, 6.07) is 0. The van der Waals surface area contributed by atoms with Gasteiger partial charge in [0.2, 0.25) is 0 Å². The van der Waals surface area contributed by atoms with Crippen molar-refractivity contribution < 1.29 is 28.7 Å². The number of carbonyl (C=O) groups is 2. The summed E-state index contributed by atoms with van der Waals surface area (Å²) in [5.41, 5.74) is 0.948. The summed E-state index contributed by atoms with van der Waals surface area (Å²) in [5.74, 6) is 1.48. The van der Waals surface area contributed by atoms with Gasteiger partial charge in [-0.15, -0.1) is 0 Å². The number of aliphatic carboxylic acids is 1. The number of carboxylic acid groups (broad SMARTS) is 1. The summed E-state index contributed by atoms with van der Waals surface area (Å²) in [5, 5.41) is 13.6. The molecule has 1 heterocycles. The number of carboxylic acids is 1. The quantitative estimate of drug-likeness (QED) is 0.533. The molecule has 7 nitrogen and oxygen atoms in total. The largest absolute Gasteiger partial charge is 0.481 e. The van der Waals surface area contributed by atoms with Gasteiger partial charge < -0.3 is 19.1 Å². The smallest absolute Gasteiger partial charge is 0.332 e. The number of rotatable bonds is 10. The van der Waals surface area contributed by atoms with Crippen molar-refractivity contribution in [1.29, 1.82) is 0 Å². The Bertz CT molecular complexity index is 752. The Labute approximate surface area is 178 Å². The van der Waals surface area contributed by atoms with E-state index in [0.29, 0.717) is 29.4 Å². The van der Waals surface area contributed by atoms with Gasteiger partial charge in [0.15, 0.2) is 0 Å². The van der Waals surface area contributed by atoms with Gasteiger partial charge in [-0.3, -0.25) is 4.79 Å². The number of nitrogens with zero attached hydrogens (tertiary/aromatic N) is 1. The summed E-state index contributed by atoms with van der Waals surface area (Å²) < 4.78 is 16.7. The second kappa shape index (κ2) is 9.08. The monoisotopic (exact) mass is 421 g/mol. The van der Waals surface area contributed by atoms with Crippen LogP contribution in [0.25, 0.3) is 0 Å². The molecule has 0 saturated heterocycles. The van der Waals surface area contributed by atoms with Crippen molar-refractivity contribution in [3.63, 3.8) is 0 Å². The van der Waals surface area contributed by atoms with E-state index >= 15 is 0 Å². The van der Waals surface area contributed by atoms with Crippen molar-refractivity contribution in [2.24, 2.45) is 11.8 Å². The van der Waals surface area contributed by atoms with Crippen LogP contribution in [0, 0.1) is 11.8 Å². The normalized spacial score (nSPS) is 22.6. The lowest BCUT2D eigenvalue weighted by molar-refractivity contribution is -0.164. The predicted molar refractivity (Wildman–Crippen MR) is 110 cm³/mol. The molecular weight excluding hydrogens is 386 g/mol. The van der Waals surface area contributed by atoms with Gasteiger partial charge >= 0.3 is 11.9 Å². The van der Waals surface area contributed by atoms with Crippen LogP contribution in [0.1, 0.15) is 108 Å². The van der Waals surface area contributed by atoms with Gasteiger partial charge in [0.05, 0.1) is 6.42 Å². The molecule has 0 aliphatic heterocycles. The first-order valence-corrected chi connectivity index (χ1v) is 11.1. The molecule has 1 atom stereocenters. The van der Waals surface area contributed by atoms with Crippen molar-refractivity contribution in [3.8, 4) is 0 Å². The van der Waals surface area contributed by atoms with Crippen molar-refractivity contribution in [3.05, 3.63) is 17.0 Å². The summed E-state index contributed by atoms with van der Waals surface area (Å²) >= 11 is 0. The first-order chi connectivity index (χ1) is 14.0. The van der Waals surface area contributed by atoms with Gasteiger partial charge in [0.1, 0.15) is 29.8 Å². The number of carbonyl (C=O) groups excluding carboxylic acids is 1. The third kappa shape index (κ3) is 6.06. The Morgan fingerprint density at radius 2 is 1.87 bits per heavy atom. The standard InChI is InChI=1S/C23H35NO6/c1-13(2)8-14-9-16(10-14)22-20(15-6-7-15)21(24-30-22)17(11-18(25)26)28-12-19(27)29-23(3,4)5/h13-17H,6-12H2,1-5H3,(H,25,26). The minimum absolute atomic E-state index is 0.269. The highest BCUT2D eigenvalue weighted by Gasteiger charge is 2.42. The summed E-state index contributed by atoms with van der Waals surface area (Å²) in [7, 11) is 0. The van der Waals surface area contributed by atoms with E-state index in [4.69, 9.17) is 14.0 Å². The van der Waals surface area contributed by atoms with E-state index in [2.05, 4.69) is 19.0 Å². The molecule has 0 aromatic carbocycles. The molecule has 1 N–H and O–H groups in total. The zero-order valence-corrected chi connectivity index (χ0v) is 18.8. The van der Waals surface area contributed by atoms with Crippen molar-refractivity contribution >= 4 is 11.9 Å². The molecule has 1 aromatic heterocycles. The molecule has 2 aliphatic rings. The molecule has 1 unspecified atom stereocenters. The number of hydrogen-bond donors (Lipinski definition) is 1. The van der Waals surface area contributed by atoms with Crippen LogP contribution >= 0.6 is 0 Å². The Balaban J connectivity index is 1.73. The lowest BCUT2D eigenvalue weighted by atomic mass is 9.69. The highest BCUT2D eigenvalue weighted by molar-refractivity contribution is 5.71. The summed E-state index contributed by atoms with van der Waals surface area (Å²) in [6.07, 6.45) is 4.41. The van der Waals surface area contributed by atoms with Crippen molar-refractivity contribution in [2.45, 2.75) is 96.7 Å². The number of ether oxygens (including phenoxy) is 2. The molecule has 0 bridgehead atoms. The topological polar surface area (TPSA) is 98.9 Å². The van der Waals surface area contributed by atoms with Crippen LogP contribution in [0.5, 0.6) is 0 Å². The second-order valence-electron chi connectivity index (χ2n) is 10.3. The Morgan fingerprint density at radius 1 is 1.20 bits per heavy atom. The van der Waals surface area contributed by atoms with E-state index in [1.54, 1.807) is 20.8 Å². The maximum Gasteiger partial charge on any atom is 0.332 e. The van der Waals surface area contributed by atoms with Crippen LogP contribution in [0.2, 0.25) is 0 Å². The first-order valence-electron chi connectivity index (χ1n) is 11.1. The second-order valence-corrected chi connectivity index (χ2v) is 10.3. The van der Waals surface area contributed by atoms with Crippen LogP contribution in [-0.2, 0) is 19.1 Å². The number of aromatic nitrogens is 1. The van der Waals surface area contributed by atoms with E-state index in [9.17, 15) is 14.7 Å². The minimum Gasteiger partial charge on any atom is -0.481 e. The maximum atomic E-state index is 12.1. The van der Waals surface area contributed by atoms with E-state index in [-0.39, 0.29) is 13.0 Å². The highest BCUT2D eigenvalue weighted by Crippen LogP contribution is 2.52. The fourth-order valence-electron chi connectivity index (χ4n) is 4.37. The van der Waals surface area contributed by atoms with Crippen LogP contribution in [-0.4, -0.2) is 34.4 Å². The molecule has 30 heavy (non-hydrogen) atoms. The average molecular weight is 422 g/mol. The molecule has 0 amide bonds. The molecule has 0 radical (unpaired) electrons. The van der Waals surface area contributed by atoms with Crippen LogP contribution in [0.4, 0.5) is 0 Å². The third-order valence-electron chi connectivity index (χ3n) is 5.67. The summed E-state index contributed by atoms with van der Waals surface area (Å²) in [4.78, 5) is 23.5. The Morgan fingerprint density at radius 3 is 2.40 bits per heavy atom. The van der Waals surface area contributed by atoms with Gasteiger partial charge in [0.25, 0.3) is 0 Å². The first kappa shape index (κ1) is 22.8. The van der Waals surface area contributed by atoms with Crippen molar-refractivity contribution in [1.82, 2.24) is 5.16 Å². The molecule has 2 saturated carbocycles. The van der Waals surface area contributed by atoms with E-state index in [1.807, 2.05) is 0 Å². The maximum absolute atomic E-state index is 12.1. The van der Waals surface area contributed by atoms with E-state index < -0.39 is 23.6 Å². The third-order valence-corrected chi connectivity index (χ3v) is 5.67.